The van der Waals surface area contributed by atoms with E-state index in [4.69, 9.17) is 4.74 Å². The van der Waals surface area contributed by atoms with E-state index in [1.807, 2.05) is 0 Å². The van der Waals surface area contributed by atoms with Gasteiger partial charge in [-0.05, 0) is 6.92 Å². The molecule has 1 saturated heterocycles. The number of halogens is 3. The molecule has 0 N–H and O–H groups in total. The molecule has 0 aromatic heterocycles. The number of carbonyl (C=O) groups excluding carboxylic acids is 1. The van der Waals surface area contributed by atoms with Gasteiger partial charge in [-0.25, -0.2) is 0 Å². The van der Waals surface area contributed by atoms with Gasteiger partial charge in [0, 0.05) is 6.54 Å². The zero-order valence-corrected chi connectivity index (χ0v) is 7.10. The highest BCUT2D eigenvalue weighted by Crippen LogP contribution is 2.21. The van der Waals surface area contributed by atoms with E-state index < -0.39 is 18.1 Å². The van der Waals surface area contributed by atoms with Gasteiger partial charge in [-0.1, -0.05) is 0 Å². The molecule has 0 aliphatic carbocycles. The van der Waals surface area contributed by atoms with Gasteiger partial charge >= 0.3 is 12.1 Å². The lowest BCUT2D eigenvalue weighted by Gasteiger charge is -2.33. The second-order valence-electron chi connectivity index (χ2n) is 2.92. The third-order valence-electron chi connectivity index (χ3n) is 1.87. The summed E-state index contributed by atoms with van der Waals surface area (Å²) < 4.78 is 40.8. The minimum absolute atomic E-state index is 0.0134. The minimum Gasteiger partial charge on any atom is -0.377 e. The van der Waals surface area contributed by atoms with Gasteiger partial charge in [0.2, 0.25) is 0 Å². The van der Waals surface area contributed by atoms with Crippen molar-refractivity contribution >= 4 is 5.91 Å². The van der Waals surface area contributed by atoms with Gasteiger partial charge in [0.05, 0.1) is 19.3 Å². The first-order chi connectivity index (χ1) is 5.93. The lowest BCUT2D eigenvalue weighted by Crippen LogP contribution is -2.51. The number of rotatable bonds is 0. The molecular formula is C7H10F3NO2. The molecule has 13 heavy (non-hydrogen) atoms. The predicted molar refractivity (Wildman–Crippen MR) is 38.0 cm³/mol. The molecule has 1 atom stereocenters. The molecule has 1 aliphatic rings. The smallest absolute Gasteiger partial charge is 0.377 e. The third kappa shape index (κ3) is 2.33. The Morgan fingerprint density at radius 1 is 1.54 bits per heavy atom. The van der Waals surface area contributed by atoms with Gasteiger partial charge in [0.25, 0.3) is 0 Å². The number of hydrogen-bond donors (Lipinski definition) is 0. The molecule has 6 heteroatoms. The molecule has 0 bridgehead atoms. The van der Waals surface area contributed by atoms with Crippen molar-refractivity contribution in [3.63, 3.8) is 0 Å². The number of ether oxygens (including phenoxy) is 1. The fourth-order valence-electron chi connectivity index (χ4n) is 1.19. The van der Waals surface area contributed by atoms with Gasteiger partial charge in [-0.15, -0.1) is 0 Å². The molecular weight excluding hydrogens is 187 g/mol. The average Bonchev–Trinajstić information content (AvgIpc) is 2.02. The maximum atomic E-state index is 12.0. The van der Waals surface area contributed by atoms with E-state index in [1.54, 1.807) is 0 Å². The summed E-state index contributed by atoms with van der Waals surface area (Å²) in [6.45, 7) is 1.89. The van der Waals surface area contributed by atoms with Crippen molar-refractivity contribution < 1.29 is 22.7 Å². The Hall–Kier alpha value is -0.780. The standard InChI is InChI=1S/C7H10F3NO2/c1-5-4-13-3-2-11(5)6(12)7(8,9)10/h5H,2-4H2,1H3. The van der Waals surface area contributed by atoms with E-state index in [9.17, 15) is 18.0 Å². The summed E-state index contributed by atoms with van der Waals surface area (Å²) in [7, 11) is 0. The molecule has 0 aromatic carbocycles. The van der Waals surface area contributed by atoms with Gasteiger partial charge < -0.3 is 9.64 Å². The van der Waals surface area contributed by atoms with Gasteiger partial charge in [0.1, 0.15) is 0 Å². The van der Waals surface area contributed by atoms with E-state index in [-0.39, 0.29) is 19.8 Å². The monoisotopic (exact) mass is 197 g/mol. The number of alkyl halides is 3. The van der Waals surface area contributed by atoms with Crippen molar-refractivity contribution in [1.29, 1.82) is 0 Å². The molecule has 0 aromatic rings. The number of amides is 1. The van der Waals surface area contributed by atoms with Crippen molar-refractivity contribution in [1.82, 2.24) is 4.90 Å². The lowest BCUT2D eigenvalue weighted by molar-refractivity contribution is -0.192. The molecule has 1 rings (SSSR count). The van der Waals surface area contributed by atoms with Crippen molar-refractivity contribution in [3.05, 3.63) is 0 Å². The fourth-order valence-corrected chi connectivity index (χ4v) is 1.19. The predicted octanol–water partition coefficient (Wildman–Crippen LogP) is 0.796. The first-order valence-corrected chi connectivity index (χ1v) is 3.88. The van der Waals surface area contributed by atoms with Crippen LogP contribution >= 0.6 is 0 Å². The van der Waals surface area contributed by atoms with Crippen LogP contribution in [0.5, 0.6) is 0 Å². The molecule has 1 heterocycles. The van der Waals surface area contributed by atoms with Crippen LogP contribution in [0, 0.1) is 0 Å². The summed E-state index contributed by atoms with van der Waals surface area (Å²) >= 11 is 0. The van der Waals surface area contributed by atoms with Crippen LogP contribution in [-0.4, -0.2) is 42.8 Å². The van der Waals surface area contributed by atoms with Crippen molar-refractivity contribution in [2.75, 3.05) is 19.8 Å². The van der Waals surface area contributed by atoms with Crippen LogP contribution in [0.4, 0.5) is 13.2 Å². The van der Waals surface area contributed by atoms with E-state index in [2.05, 4.69) is 0 Å². The largest absolute Gasteiger partial charge is 0.471 e. The van der Waals surface area contributed by atoms with Crippen LogP contribution in [0.15, 0.2) is 0 Å². The molecule has 0 radical (unpaired) electrons. The van der Waals surface area contributed by atoms with Gasteiger partial charge in [-0.2, -0.15) is 13.2 Å². The van der Waals surface area contributed by atoms with Crippen LogP contribution < -0.4 is 0 Å². The first kappa shape index (κ1) is 10.3. The fraction of sp³-hybridized carbons (Fsp3) is 0.857. The van der Waals surface area contributed by atoms with Gasteiger partial charge in [-0.3, -0.25) is 4.79 Å². The van der Waals surface area contributed by atoms with Crippen LogP contribution in [0.3, 0.4) is 0 Å². The van der Waals surface area contributed by atoms with Crippen LogP contribution in [0.25, 0.3) is 0 Å². The normalized spacial score (nSPS) is 24.6. The third-order valence-corrected chi connectivity index (χ3v) is 1.87. The molecule has 0 spiro atoms. The summed E-state index contributed by atoms with van der Waals surface area (Å²) in [6, 6.07) is -0.497. The van der Waals surface area contributed by atoms with E-state index in [1.165, 1.54) is 6.92 Å². The number of morpholine rings is 1. The maximum Gasteiger partial charge on any atom is 0.471 e. The minimum atomic E-state index is -4.77. The average molecular weight is 197 g/mol. The quantitative estimate of drug-likeness (QED) is 0.574. The first-order valence-electron chi connectivity index (χ1n) is 3.88. The Balaban J connectivity index is 2.64. The zero-order valence-electron chi connectivity index (χ0n) is 7.10. The Bertz CT molecular complexity index is 204. The Morgan fingerprint density at radius 2 is 2.15 bits per heavy atom. The van der Waals surface area contributed by atoms with Gasteiger partial charge in [0.15, 0.2) is 0 Å². The number of carbonyl (C=O) groups is 1. The second-order valence-corrected chi connectivity index (χ2v) is 2.92. The molecule has 0 saturated carbocycles. The summed E-state index contributed by atoms with van der Waals surface area (Å²) in [5, 5.41) is 0. The number of hydrogen-bond acceptors (Lipinski definition) is 2. The Labute approximate surface area is 73.5 Å². The topological polar surface area (TPSA) is 29.5 Å². The van der Waals surface area contributed by atoms with E-state index in [0.29, 0.717) is 0 Å². The molecule has 1 aliphatic heterocycles. The van der Waals surface area contributed by atoms with Crippen LogP contribution in [-0.2, 0) is 9.53 Å². The zero-order chi connectivity index (χ0) is 10.1. The highest BCUT2D eigenvalue weighted by molar-refractivity contribution is 5.82. The molecule has 1 amide bonds. The van der Waals surface area contributed by atoms with Crippen molar-refractivity contribution in [2.45, 2.75) is 19.1 Å². The highest BCUT2D eigenvalue weighted by Gasteiger charge is 2.44. The molecule has 1 unspecified atom stereocenters. The second kappa shape index (κ2) is 3.53. The molecule has 3 nitrogen and oxygen atoms in total. The van der Waals surface area contributed by atoms with E-state index in [0.717, 1.165) is 4.90 Å². The summed E-state index contributed by atoms with van der Waals surface area (Å²) in [6.07, 6.45) is -4.77. The SMILES string of the molecule is CC1COCCN1C(=O)C(F)(F)F. The Kier molecular flexibility index (Phi) is 2.80. The summed E-state index contributed by atoms with van der Waals surface area (Å²) in [4.78, 5) is 11.6. The highest BCUT2D eigenvalue weighted by atomic mass is 19.4. The summed E-state index contributed by atoms with van der Waals surface area (Å²) in [5.41, 5.74) is 0. The van der Waals surface area contributed by atoms with Crippen LogP contribution in [0.1, 0.15) is 6.92 Å². The number of nitrogens with zero attached hydrogens (tertiary/aromatic N) is 1. The Morgan fingerprint density at radius 3 is 2.62 bits per heavy atom. The molecule has 76 valence electrons. The van der Waals surface area contributed by atoms with E-state index >= 15 is 0 Å². The van der Waals surface area contributed by atoms with Crippen molar-refractivity contribution in [3.8, 4) is 0 Å². The maximum absolute atomic E-state index is 12.0. The lowest BCUT2D eigenvalue weighted by atomic mass is 10.2. The molecule has 1 fully saturated rings. The van der Waals surface area contributed by atoms with Crippen molar-refractivity contribution in [2.24, 2.45) is 0 Å². The summed E-state index contributed by atoms with van der Waals surface area (Å²) in [5.74, 6) is -1.77. The van der Waals surface area contributed by atoms with Crippen LogP contribution in [0.2, 0.25) is 0 Å².